The maximum Gasteiger partial charge on any atom is 0.248 e. The van der Waals surface area contributed by atoms with Gasteiger partial charge in [-0.1, -0.05) is 37.0 Å². The number of aromatic nitrogens is 2. The topological polar surface area (TPSA) is 65.4 Å². The van der Waals surface area contributed by atoms with Crippen LogP contribution < -0.4 is 14.8 Å². The molecule has 0 spiro atoms. The van der Waals surface area contributed by atoms with E-state index in [1.807, 2.05) is 6.92 Å². The molecule has 6 nitrogen and oxygen atoms in total. The zero-order valence-corrected chi connectivity index (χ0v) is 17.5. The van der Waals surface area contributed by atoms with E-state index < -0.39 is 0 Å². The van der Waals surface area contributed by atoms with E-state index >= 15 is 0 Å². The normalized spacial score (nSPS) is 11.3. The lowest BCUT2D eigenvalue weighted by Gasteiger charge is -2.12. The number of rotatable bonds is 7. The van der Waals surface area contributed by atoms with Crippen molar-refractivity contribution in [3.63, 3.8) is 0 Å². The highest BCUT2D eigenvalue weighted by Gasteiger charge is 2.14. The van der Waals surface area contributed by atoms with Crippen LogP contribution in [-0.2, 0) is 11.3 Å². The number of nitrogens with zero attached hydrogens (tertiary/aromatic N) is 2. The minimum absolute atomic E-state index is 0.346. The summed E-state index contributed by atoms with van der Waals surface area (Å²) in [5.41, 5.74) is 1.92. The maximum atomic E-state index is 12.3. The van der Waals surface area contributed by atoms with Crippen molar-refractivity contribution >= 4 is 40.9 Å². The molecule has 8 heteroatoms. The van der Waals surface area contributed by atoms with Crippen molar-refractivity contribution < 1.29 is 14.3 Å². The van der Waals surface area contributed by atoms with E-state index in [1.165, 1.54) is 20.3 Å². The quantitative estimate of drug-likeness (QED) is 0.662. The number of benzene rings is 1. The minimum atomic E-state index is -0.346. The fourth-order valence-corrected chi connectivity index (χ4v) is 3.06. The van der Waals surface area contributed by atoms with Crippen LogP contribution in [0.3, 0.4) is 0 Å². The van der Waals surface area contributed by atoms with Crippen molar-refractivity contribution in [3.8, 4) is 11.5 Å². The van der Waals surface area contributed by atoms with Gasteiger partial charge in [0.15, 0.2) is 0 Å². The number of ether oxygens (including phenoxy) is 2. The van der Waals surface area contributed by atoms with Gasteiger partial charge in [-0.2, -0.15) is 5.10 Å². The average molecular weight is 412 g/mol. The van der Waals surface area contributed by atoms with Crippen LogP contribution in [0.5, 0.6) is 11.5 Å². The van der Waals surface area contributed by atoms with Crippen molar-refractivity contribution in [2.75, 3.05) is 19.5 Å². The molecule has 0 radical (unpaired) electrons. The van der Waals surface area contributed by atoms with E-state index in [-0.39, 0.29) is 5.91 Å². The second kappa shape index (κ2) is 9.15. The summed E-state index contributed by atoms with van der Waals surface area (Å²) >= 11 is 12.5. The first-order valence-electron chi connectivity index (χ1n) is 8.40. The Kier molecular flexibility index (Phi) is 7.16. The second-order valence-electron chi connectivity index (χ2n) is 6.38. The van der Waals surface area contributed by atoms with Crippen molar-refractivity contribution in [3.05, 3.63) is 39.6 Å². The zero-order chi connectivity index (χ0) is 20.1. The van der Waals surface area contributed by atoms with Gasteiger partial charge in [-0.3, -0.25) is 9.48 Å². The van der Waals surface area contributed by atoms with Crippen LogP contribution in [0.4, 0.5) is 5.69 Å². The molecule has 1 aromatic heterocycles. The summed E-state index contributed by atoms with van der Waals surface area (Å²) in [5, 5.41) is 8.04. The summed E-state index contributed by atoms with van der Waals surface area (Å²) in [7, 11) is 3.01. The summed E-state index contributed by atoms with van der Waals surface area (Å²) in [5.74, 6) is 0.967. The number of carbonyl (C=O) groups is 1. The molecule has 1 aromatic carbocycles. The molecule has 0 aliphatic carbocycles. The van der Waals surface area contributed by atoms with Gasteiger partial charge in [-0.05, 0) is 25.0 Å². The van der Waals surface area contributed by atoms with Gasteiger partial charge in [-0.25, -0.2) is 0 Å². The van der Waals surface area contributed by atoms with Crippen LogP contribution in [0.15, 0.2) is 18.2 Å². The Balaban J connectivity index is 2.19. The van der Waals surface area contributed by atoms with Crippen LogP contribution >= 0.6 is 23.2 Å². The number of anilines is 1. The molecule has 0 bridgehead atoms. The standard InChI is InChI=1S/C19H23Cl2N3O3/c1-11(2)10-24-19(21)13(12(3)23-24)6-7-18(25)22-15-8-14(20)16(26-4)9-17(15)27-5/h6-9,11H,10H2,1-5H3,(H,22,25)/b7-6+. The Labute approximate surface area is 169 Å². The predicted octanol–water partition coefficient (Wildman–Crippen LogP) is 4.82. The number of hydrogen-bond donors (Lipinski definition) is 1. The van der Waals surface area contributed by atoms with Crippen molar-refractivity contribution in [1.29, 1.82) is 0 Å². The van der Waals surface area contributed by atoms with Crippen molar-refractivity contribution in [2.45, 2.75) is 27.3 Å². The van der Waals surface area contributed by atoms with Crippen LogP contribution in [0.2, 0.25) is 10.2 Å². The highest BCUT2D eigenvalue weighted by atomic mass is 35.5. The molecule has 1 N–H and O–H groups in total. The number of hydrogen-bond acceptors (Lipinski definition) is 4. The first kappa shape index (κ1) is 21.1. The molecule has 0 saturated carbocycles. The molecule has 0 fully saturated rings. The van der Waals surface area contributed by atoms with Gasteiger partial charge < -0.3 is 14.8 Å². The molecular formula is C19H23Cl2N3O3. The Hall–Kier alpha value is -2.18. The van der Waals surface area contributed by atoms with E-state index in [2.05, 4.69) is 24.3 Å². The second-order valence-corrected chi connectivity index (χ2v) is 7.14. The zero-order valence-electron chi connectivity index (χ0n) is 16.0. The van der Waals surface area contributed by atoms with E-state index in [0.29, 0.717) is 45.4 Å². The summed E-state index contributed by atoms with van der Waals surface area (Å²) in [6.45, 7) is 6.74. The number of methoxy groups -OCH3 is 2. The third-order valence-corrected chi connectivity index (χ3v) is 4.47. The highest BCUT2D eigenvalue weighted by molar-refractivity contribution is 6.32. The van der Waals surface area contributed by atoms with Crippen molar-refractivity contribution in [1.82, 2.24) is 9.78 Å². The van der Waals surface area contributed by atoms with Crippen LogP contribution in [0, 0.1) is 12.8 Å². The summed E-state index contributed by atoms with van der Waals surface area (Å²) in [6.07, 6.45) is 3.04. The smallest absolute Gasteiger partial charge is 0.248 e. The number of halogens is 2. The summed E-state index contributed by atoms with van der Waals surface area (Å²) < 4.78 is 12.2. The van der Waals surface area contributed by atoms with Gasteiger partial charge in [0.05, 0.1) is 30.6 Å². The molecule has 2 rings (SSSR count). The largest absolute Gasteiger partial charge is 0.495 e. The fourth-order valence-electron chi connectivity index (χ4n) is 2.51. The van der Waals surface area contributed by atoms with Crippen molar-refractivity contribution in [2.24, 2.45) is 5.92 Å². The first-order chi connectivity index (χ1) is 12.8. The lowest BCUT2D eigenvalue weighted by Crippen LogP contribution is -2.09. The predicted molar refractivity (Wildman–Crippen MR) is 109 cm³/mol. The van der Waals surface area contributed by atoms with Crippen LogP contribution in [-0.4, -0.2) is 29.9 Å². The van der Waals surface area contributed by atoms with Gasteiger partial charge in [0.2, 0.25) is 5.91 Å². The van der Waals surface area contributed by atoms with Gasteiger partial charge >= 0.3 is 0 Å². The molecule has 1 amide bonds. The van der Waals surface area contributed by atoms with E-state index in [1.54, 1.807) is 22.9 Å². The molecule has 146 valence electrons. The molecule has 0 saturated heterocycles. The van der Waals surface area contributed by atoms with Gasteiger partial charge in [0, 0.05) is 24.3 Å². The SMILES string of the molecule is COc1cc(OC)c(NC(=O)/C=C/c2c(C)nn(CC(C)C)c2Cl)cc1Cl. The molecule has 27 heavy (non-hydrogen) atoms. The maximum absolute atomic E-state index is 12.3. The number of amides is 1. The average Bonchev–Trinajstić information content (AvgIpc) is 2.86. The molecule has 0 atom stereocenters. The monoisotopic (exact) mass is 411 g/mol. The molecule has 0 unspecified atom stereocenters. The Morgan fingerprint density at radius 3 is 2.52 bits per heavy atom. The van der Waals surface area contributed by atoms with E-state index in [9.17, 15) is 4.79 Å². The molecular weight excluding hydrogens is 389 g/mol. The fraction of sp³-hybridized carbons (Fsp3) is 0.368. The molecule has 2 aromatic rings. The number of aryl methyl sites for hydroxylation is 1. The molecule has 0 aliphatic rings. The third-order valence-electron chi connectivity index (χ3n) is 3.78. The van der Waals surface area contributed by atoms with E-state index in [4.69, 9.17) is 32.7 Å². The Bertz CT molecular complexity index is 860. The number of carbonyl (C=O) groups excluding carboxylic acids is 1. The molecule has 0 aliphatic heterocycles. The summed E-state index contributed by atoms with van der Waals surface area (Å²) in [6, 6.07) is 3.18. The van der Waals surface area contributed by atoms with Crippen LogP contribution in [0.25, 0.3) is 6.08 Å². The van der Waals surface area contributed by atoms with Gasteiger partial charge in [0.1, 0.15) is 16.7 Å². The van der Waals surface area contributed by atoms with E-state index in [0.717, 1.165) is 5.69 Å². The lowest BCUT2D eigenvalue weighted by atomic mass is 10.2. The molecule has 1 heterocycles. The summed E-state index contributed by atoms with van der Waals surface area (Å²) in [4.78, 5) is 12.3. The first-order valence-corrected chi connectivity index (χ1v) is 9.15. The minimum Gasteiger partial charge on any atom is -0.495 e. The Morgan fingerprint density at radius 1 is 1.26 bits per heavy atom. The third kappa shape index (κ3) is 5.17. The van der Waals surface area contributed by atoms with Gasteiger partial charge in [-0.15, -0.1) is 0 Å². The van der Waals surface area contributed by atoms with Crippen LogP contribution in [0.1, 0.15) is 25.1 Å². The number of nitrogens with one attached hydrogen (secondary N) is 1. The van der Waals surface area contributed by atoms with Gasteiger partial charge in [0.25, 0.3) is 0 Å². The lowest BCUT2D eigenvalue weighted by molar-refractivity contribution is -0.111. The highest BCUT2D eigenvalue weighted by Crippen LogP contribution is 2.35. The Morgan fingerprint density at radius 2 is 1.93 bits per heavy atom.